The van der Waals surface area contributed by atoms with Crippen LogP contribution >= 0.6 is 11.6 Å². The fraction of sp³-hybridized carbons (Fsp3) is 0.405. The van der Waals surface area contributed by atoms with E-state index in [9.17, 15) is 18.6 Å². The van der Waals surface area contributed by atoms with E-state index >= 15 is 0 Å². The summed E-state index contributed by atoms with van der Waals surface area (Å²) in [4.78, 5) is 43.4. The number of ether oxygens (including phenoxy) is 2. The number of nitrogens with zero attached hydrogens (tertiary/aromatic N) is 4. The molecule has 3 aliphatic rings. The minimum Gasteiger partial charge on any atom is -0.491 e. The molecule has 0 radical (unpaired) electrons. The van der Waals surface area contributed by atoms with E-state index in [0.29, 0.717) is 42.6 Å². The first-order valence-electron chi connectivity index (χ1n) is 16.9. The van der Waals surface area contributed by atoms with Crippen LogP contribution < -0.4 is 19.1 Å². The first-order valence-corrected chi connectivity index (χ1v) is 18.9. The van der Waals surface area contributed by atoms with Gasteiger partial charge in [0.1, 0.15) is 21.2 Å². The van der Waals surface area contributed by atoms with Gasteiger partial charge in [0, 0.05) is 42.8 Å². The van der Waals surface area contributed by atoms with Gasteiger partial charge in [-0.25, -0.2) is 4.21 Å². The molecule has 3 heterocycles. The standard InChI is InChI=1S/C37H42ClN5O6S/c1-4-7-24-9-15-33(44)30-14-11-28(30)21-43-20-27-10-13-29(38)18-25(27)8-5-6-17-49-34-16-12-26(19-32(34)43)35(45)40-50(47,23-24)41-36(46)31-22-42(2)39-37(31)48-3/h4,9-10,12-13,15-16,18-19,22,24,28,30H,1,5-8,11,14,17,20-21,23H2,2-3H3,(H,40,41,45,46,47)/b15-9+/t24-,28+,30-,50+/m1/s1. The number of hydrogen-bond donors (Lipinski definition) is 1. The molecule has 0 spiro atoms. The Bertz CT molecular complexity index is 1960. The zero-order chi connectivity index (χ0) is 35.4. The van der Waals surface area contributed by atoms with E-state index in [2.05, 4.69) is 25.7 Å². The van der Waals surface area contributed by atoms with Crippen molar-refractivity contribution in [3.63, 3.8) is 0 Å². The number of methoxy groups -OCH3 is 1. The number of fused-ring (bicyclic) bond motifs is 3. The summed E-state index contributed by atoms with van der Waals surface area (Å²) in [6.07, 6.45) is 10.9. The number of halogens is 1. The molecule has 1 saturated carbocycles. The normalized spacial score (nSPS) is 24.7. The van der Waals surface area contributed by atoms with Gasteiger partial charge in [-0.2, -0.15) is 0 Å². The Morgan fingerprint density at radius 3 is 2.78 bits per heavy atom. The summed E-state index contributed by atoms with van der Waals surface area (Å²) in [7, 11) is -0.766. The number of ketones is 1. The molecule has 50 heavy (non-hydrogen) atoms. The summed E-state index contributed by atoms with van der Waals surface area (Å²) in [6, 6.07) is 11.0. The van der Waals surface area contributed by atoms with Crippen LogP contribution in [0.2, 0.25) is 5.02 Å². The van der Waals surface area contributed by atoms with Crippen LogP contribution in [-0.4, -0.2) is 57.6 Å². The van der Waals surface area contributed by atoms with Crippen molar-refractivity contribution in [2.45, 2.75) is 45.1 Å². The van der Waals surface area contributed by atoms with Gasteiger partial charge in [-0.05, 0) is 97.9 Å². The molecule has 1 aromatic heterocycles. The van der Waals surface area contributed by atoms with Crippen LogP contribution in [0, 0.1) is 17.8 Å². The average Bonchev–Trinajstić information content (AvgIpc) is 3.44. The van der Waals surface area contributed by atoms with Crippen LogP contribution in [0.3, 0.4) is 0 Å². The average molecular weight is 720 g/mol. The van der Waals surface area contributed by atoms with Crippen molar-refractivity contribution in [1.29, 1.82) is 0 Å². The fourth-order valence-corrected chi connectivity index (χ4v) is 8.82. The number of nitrogens with one attached hydrogen (secondary N) is 1. The van der Waals surface area contributed by atoms with E-state index in [0.717, 1.165) is 43.2 Å². The maximum Gasteiger partial charge on any atom is 0.286 e. The van der Waals surface area contributed by atoms with Crippen LogP contribution in [0.25, 0.3) is 0 Å². The Morgan fingerprint density at radius 2 is 2.02 bits per heavy atom. The van der Waals surface area contributed by atoms with Gasteiger partial charge in [0.05, 0.1) is 25.2 Å². The molecule has 13 heteroatoms. The van der Waals surface area contributed by atoms with E-state index in [1.54, 1.807) is 43.5 Å². The molecule has 2 bridgehead atoms. The lowest BCUT2D eigenvalue weighted by atomic mass is 9.70. The van der Waals surface area contributed by atoms with E-state index in [1.165, 1.54) is 18.0 Å². The lowest BCUT2D eigenvalue weighted by Gasteiger charge is -2.40. The quantitative estimate of drug-likeness (QED) is 0.313. The Labute approximate surface area is 298 Å². The molecule has 4 atom stereocenters. The number of aromatic nitrogens is 2. The number of rotatable bonds is 5. The van der Waals surface area contributed by atoms with Crippen LogP contribution in [0.15, 0.2) is 71.8 Å². The highest BCUT2D eigenvalue weighted by molar-refractivity contribution is 7.92. The molecule has 6 rings (SSSR count). The summed E-state index contributed by atoms with van der Waals surface area (Å²) >= 11 is 6.42. The topological polar surface area (TPSA) is 132 Å². The third-order valence-corrected chi connectivity index (χ3v) is 11.6. The zero-order valence-corrected chi connectivity index (χ0v) is 29.9. The first-order chi connectivity index (χ1) is 24.1. The molecule has 264 valence electrons. The van der Waals surface area contributed by atoms with E-state index < -0.39 is 27.6 Å². The molecule has 2 aliphatic heterocycles. The van der Waals surface area contributed by atoms with Crippen LogP contribution in [0.4, 0.5) is 5.69 Å². The van der Waals surface area contributed by atoms with Crippen molar-refractivity contribution < 1.29 is 28.1 Å². The highest BCUT2D eigenvalue weighted by atomic mass is 35.5. The molecule has 2 amide bonds. The summed E-state index contributed by atoms with van der Waals surface area (Å²) in [6.45, 7) is 5.38. The Balaban J connectivity index is 1.47. The van der Waals surface area contributed by atoms with Crippen molar-refractivity contribution in [3.8, 4) is 11.6 Å². The largest absolute Gasteiger partial charge is 0.491 e. The van der Waals surface area contributed by atoms with Crippen molar-refractivity contribution in [2.75, 3.05) is 30.9 Å². The number of anilines is 1. The number of aryl methyl sites for hydroxylation is 2. The predicted molar refractivity (Wildman–Crippen MR) is 193 cm³/mol. The zero-order valence-electron chi connectivity index (χ0n) is 28.3. The lowest BCUT2D eigenvalue weighted by Crippen LogP contribution is -2.41. The first kappa shape index (κ1) is 35.4. The minimum absolute atomic E-state index is 0.0101. The van der Waals surface area contributed by atoms with Gasteiger partial charge in [-0.3, -0.25) is 23.8 Å². The molecule has 1 aliphatic carbocycles. The third-order valence-electron chi connectivity index (χ3n) is 9.57. The van der Waals surface area contributed by atoms with Gasteiger partial charge in [-0.1, -0.05) is 29.8 Å². The van der Waals surface area contributed by atoms with Crippen LogP contribution in [-0.2, 0) is 34.7 Å². The molecule has 0 saturated heterocycles. The highest BCUT2D eigenvalue weighted by Gasteiger charge is 2.37. The lowest BCUT2D eigenvalue weighted by molar-refractivity contribution is -0.122. The summed E-state index contributed by atoms with van der Waals surface area (Å²) in [5.74, 6) is -1.73. The number of carbonyl (C=O) groups excluding carboxylic acids is 3. The second-order valence-electron chi connectivity index (χ2n) is 13.1. The van der Waals surface area contributed by atoms with Gasteiger partial charge in [0.2, 0.25) is 5.88 Å². The molecule has 0 unspecified atom stereocenters. The number of benzene rings is 2. The van der Waals surface area contributed by atoms with Gasteiger partial charge < -0.3 is 14.4 Å². The smallest absolute Gasteiger partial charge is 0.286 e. The van der Waals surface area contributed by atoms with Gasteiger partial charge in [0.15, 0.2) is 5.78 Å². The van der Waals surface area contributed by atoms with Gasteiger partial charge in [-0.15, -0.1) is 16.0 Å². The Morgan fingerprint density at radius 1 is 1.18 bits per heavy atom. The third kappa shape index (κ3) is 7.97. The minimum atomic E-state index is -3.76. The molecular formula is C37H42ClN5O6S. The number of allylic oxidation sites excluding steroid dienone is 3. The summed E-state index contributed by atoms with van der Waals surface area (Å²) < 4.78 is 34.3. The van der Waals surface area contributed by atoms with E-state index in [1.807, 2.05) is 18.2 Å². The fourth-order valence-electron chi connectivity index (χ4n) is 6.82. The van der Waals surface area contributed by atoms with Crippen molar-refractivity contribution in [2.24, 2.45) is 29.2 Å². The molecule has 1 fully saturated rings. The Hall–Kier alpha value is -4.42. The van der Waals surface area contributed by atoms with Gasteiger partial charge >= 0.3 is 0 Å². The second-order valence-corrected chi connectivity index (χ2v) is 15.6. The summed E-state index contributed by atoms with van der Waals surface area (Å²) in [5, 5.41) is 4.79. The monoisotopic (exact) mass is 719 g/mol. The highest BCUT2D eigenvalue weighted by Crippen LogP contribution is 2.40. The van der Waals surface area contributed by atoms with Crippen molar-refractivity contribution in [1.82, 2.24) is 14.5 Å². The van der Waals surface area contributed by atoms with Crippen molar-refractivity contribution >= 4 is 44.8 Å². The maximum absolute atomic E-state index is 14.7. The summed E-state index contributed by atoms with van der Waals surface area (Å²) in [5.41, 5.74) is 3.16. The molecule has 11 nitrogen and oxygen atoms in total. The number of amides is 2. The van der Waals surface area contributed by atoms with E-state index in [-0.39, 0.29) is 40.4 Å². The number of carbonyl (C=O) groups is 3. The molecular weight excluding hydrogens is 678 g/mol. The molecule has 2 aromatic carbocycles. The maximum atomic E-state index is 14.7. The SMILES string of the molecule is C=CC[C@@H]1/C=C/C(=O)[C@@H]2CC[C@H]2CN2Cc3ccc(Cl)cc3CCCCOc3ccc(cc32)C(=O)N=[S@](=O)(NC(=O)c2cn(C)nc2OC)C1. The van der Waals surface area contributed by atoms with Crippen LogP contribution in [0.5, 0.6) is 11.6 Å². The number of hydrogen-bond acceptors (Lipinski definition) is 8. The Kier molecular flexibility index (Phi) is 10.8. The second kappa shape index (κ2) is 15.2. The van der Waals surface area contributed by atoms with Crippen LogP contribution in [0.1, 0.15) is 63.9 Å². The molecule has 1 N–H and O–H groups in total. The van der Waals surface area contributed by atoms with Gasteiger partial charge in [0.25, 0.3) is 11.8 Å². The predicted octanol–water partition coefficient (Wildman–Crippen LogP) is 6.11. The molecule has 3 aromatic rings. The van der Waals surface area contributed by atoms with E-state index in [4.69, 9.17) is 21.1 Å². The van der Waals surface area contributed by atoms with Crippen molar-refractivity contribution in [3.05, 3.63) is 94.7 Å².